The average molecular weight is 363 g/mol. The minimum absolute atomic E-state index is 0.135. The van der Waals surface area contributed by atoms with Crippen molar-refractivity contribution in [2.75, 3.05) is 11.9 Å². The molecule has 1 aromatic heterocycles. The molecule has 6 nitrogen and oxygen atoms in total. The summed E-state index contributed by atoms with van der Waals surface area (Å²) in [7, 11) is 0. The highest BCUT2D eigenvalue weighted by Crippen LogP contribution is 2.36. The van der Waals surface area contributed by atoms with E-state index in [0.717, 1.165) is 17.4 Å². The number of halogens is 1. The van der Waals surface area contributed by atoms with E-state index in [-0.39, 0.29) is 17.2 Å². The van der Waals surface area contributed by atoms with Crippen molar-refractivity contribution in [1.29, 1.82) is 0 Å². The summed E-state index contributed by atoms with van der Waals surface area (Å²) in [5.41, 5.74) is 1.21. The fraction of sp³-hybridized carbons (Fsp3) is 0.118. The summed E-state index contributed by atoms with van der Waals surface area (Å²) < 4.78 is 18.1. The first-order valence-corrected chi connectivity index (χ1v) is 8.07. The van der Waals surface area contributed by atoms with Gasteiger partial charge in [-0.15, -0.1) is 11.3 Å². The molecule has 0 aliphatic carbocycles. The first-order chi connectivity index (χ1) is 11.9. The molecule has 0 radical (unpaired) electrons. The lowest BCUT2D eigenvalue weighted by atomic mass is 10.0. The molecule has 2 aromatic rings. The van der Waals surface area contributed by atoms with Crippen LogP contribution < -0.4 is 5.32 Å². The van der Waals surface area contributed by atoms with Gasteiger partial charge in [-0.05, 0) is 24.6 Å². The lowest BCUT2D eigenvalue weighted by Crippen LogP contribution is -2.13. The Hall–Kier alpha value is -3.00. The fourth-order valence-corrected chi connectivity index (χ4v) is 2.96. The van der Waals surface area contributed by atoms with E-state index in [1.165, 1.54) is 24.3 Å². The standard InChI is InChI=1S/C17H14FNO5S/c1-2-24-17(23)15-12(10-3-5-11(18)6-4-10)9-25-16(15)19-13(20)7-8-14(21)22/h3-9H,2H2,1H3,(H,19,20)(H,21,22). The van der Waals surface area contributed by atoms with Gasteiger partial charge in [-0.2, -0.15) is 0 Å². The van der Waals surface area contributed by atoms with E-state index >= 15 is 0 Å². The van der Waals surface area contributed by atoms with Crippen LogP contribution in [0.4, 0.5) is 9.39 Å². The molecule has 1 aromatic carbocycles. The lowest BCUT2D eigenvalue weighted by Gasteiger charge is -2.08. The van der Waals surface area contributed by atoms with Crippen molar-refractivity contribution in [2.45, 2.75) is 6.92 Å². The predicted molar refractivity (Wildman–Crippen MR) is 91.1 cm³/mol. The van der Waals surface area contributed by atoms with E-state index in [9.17, 15) is 18.8 Å². The van der Waals surface area contributed by atoms with Gasteiger partial charge in [0, 0.05) is 23.1 Å². The molecule has 1 amide bonds. The van der Waals surface area contributed by atoms with E-state index in [0.29, 0.717) is 17.2 Å². The molecule has 0 saturated carbocycles. The van der Waals surface area contributed by atoms with Gasteiger partial charge in [0.2, 0.25) is 5.91 Å². The molecule has 0 saturated heterocycles. The Kier molecular flexibility index (Phi) is 6.02. The maximum atomic E-state index is 13.1. The van der Waals surface area contributed by atoms with Crippen molar-refractivity contribution in [3.63, 3.8) is 0 Å². The Balaban J connectivity index is 2.40. The minimum Gasteiger partial charge on any atom is -0.478 e. The van der Waals surface area contributed by atoms with Gasteiger partial charge in [0.15, 0.2) is 0 Å². The maximum Gasteiger partial charge on any atom is 0.341 e. The van der Waals surface area contributed by atoms with Gasteiger partial charge in [0.1, 0.15) is 16.4 Å². The van der Waals surface area contributed by atoms with E-state index in [4.69, 9.17) is 9.84 Å². The molecule has 0 bridgehead atoms. The first kappa shape index (κ1) is 18.3. The maximum absolute atomic E-state index is 13.1. The second kappa shape index (κ2) is 8.20. The molecule has 8 heteroatoms. The fourth-order valence-electron chi connectivity index (χ4n) is 2.00. The molecule has 0 aliphatic heterocycles. The summed E-state index contributed by atoms with van der Waals surface area (Å²) in [5, 5.41) is 12.9. The van der Waals surface area contributed by atoms with Gasteiger partial charge >= 0.3 is 11.9 Å². The van der Waals surface area contributed by atoms with Gasteiger partial charge in [-0.3, -0.25) is 4.79 Å². The zero-order valence-corrected chi connectivity index (χ0v) is 13.9. The van der Waals surface area contributed by atoms with E-state index < -0.39 is 23.7 Å². The van der Waals surface area contributed by atoms with E-state index in [1.54, 1.807) is 12.3 Å². The quantitative estimate of drug-likeness (QED) is 0.607. The number of thiophene rings is 1. The molecule has 0 aliphatic rings. The number of ether oxygens (including phenoxy) is 1. The first-order valence-electron chi connectivity index (χ1n) is 7.19. The number of anilines is 1. The monoisotopic (exact) mass is 363 g/mol. The number of carbonyl (C=O) groups is 3. The topological polar surface area (TPSA) is 92.7 Å². The van der Waals surface area contributed by atoms with Gasteiger partial charge in [-0.25, -0.2) is 14.0 Å². The van der Waals surface area contributed by atoms with E-state index in [1.807, 2.05) is 0 Å². The van der Waals surface area contributed by atoms with Gasteiger partial charge in [0.25, 0.3) is 0 Å². The minimum atomic E-state index is -1.26. The number of benzene rings is 1. The highest BCUT2D eigenvalue weighted by atomic mass is 32.1. The normalized spacial score (nSPS) is 10.6. The summed E-state index contributed by atoms with van der Waals surface area (Å²) in [6.07, 6.45) is 1.53. The summed E-state index contributed by atoms with van der Waals surface area (Å²) in [4.78, 5) is 34.5. The number of carboxylic acid groups (broad SMARTS) is 1. The molecule has 2 rings (SSSR count). The van der Waals surface area contributed by atoms with Crippen LogP contribution in [0.15, 0.2) is 41.8 Å². The molecule has 1 heterocycles. The Morgan fingerprint density at radius 3 is 2.52 bits per heavy atom. The number of carboxylic acids is 1. The van der Waals surface area contributed by atoms with Crippen LogP contribution in [0.1, 0.15) is 17.3 Å². The molecule has 2 N–H and O–H groups in total. The summed E-state index contributed by atoms with van der Waals surface area (Å²) in [5.74, 6) is -3.01. The smallest absolute Gasteiger partial charge is 0.341 e. The third-order valence-electron chi connectivity index (χ3n) is 3.04. The van der Waals surface area contributed by atoms with Gasteiger partial charge in [0.05, 0.1) is 6.61 Å². The zero-order chi connectivity index (χ0) is 18.4. The number of aliphatic carboxylic acids is 1. The molecule has 130 valence electrons. The summed E-state index contributed by atoms with van der Waals surface area (Å²) in [6, 6.07) is 5.54. The third-order valence-corrected chi connectivity index (χ3v) is 3.94. The average Bonchev–Trinajstić information content (AvgIpc) is 2.97. The Labute approximate surface area is 146 Å². The van der Waals surface area contributed by atoms with Crippen molar-refractivity contribution in [3.05, 3.63) is 53.2 Å². The third kappa shape index (κ3) is 4.74. The van der Waals surface area contributed by atoms with Crippen LogP contribution >= 0.6 is 11.3 Å². The molecular formula is C17H14FNO5S. The largest absolute Gasteiger partial charge is 0.478 e. The second-order valence-electron chi connectivity index (χ2n) is 4.74. The van der Waals surface area contributed by atoms with Crippen molar-refractivity contribution in [2.24, 2.45) is 0 Å². The van der Waals surface area contributed by atoms with Crippen molar-refractivity contribution in [3.8, 4) is 11.1 Å². The predicted octanol–water partition coefficient (Wildman–Crippen LogP) is 3.31. The Morgan fingerprint density at radius 2 is 1.92 bits per heavy atom. The number of esters is 1. The molecule has 0 fully saturated rings. The highest BCUT2D eigenvalue weighted by molar-refractivity contribution is 7.15. The number of hydrogen-bond donors (Lipinski definition) is 2. The number of rotatable bonds is 6. The number of amides is 1. The van der Waals surface area contributed by atoms with Gasteiger partial charge < -0.3 is 15.2 Å². The number of hydrogen-bond acceptors (Lipinski definition) is 5. The van der Waals surface area contributed by atoms with Crippen LogP contribution in [0.3, 0.4) is 0 Å². The number of nitrogens with one attached hydrogen (secondary N) is 1. The Morgan fingerprint density at radius 1 is 1.24 bits per heavy atom. The molecular weight excluding hydrogens is 349 g/mol. The summed E-state index contributed by atoms with van der Waals surface area (Å²) in [6.45, 7) is 1.79. The van der Waals surface area contributed by atoms with Crippen LogP contribution in [-0.2, 0) is 14.3 Å². The zero-order valence-electron chi connectivity index (χ0n) is 13.1. The van der Waals surface area contributed by atoms with Crippen molar-refractivity contribution >= 4 is 34.2 Å². The van der Waals surface area contributed by atoms with E-state index in [2.05, 4.69) is 5.32 Å². The SMILES string of the molecule is CCOC(=O)c1c(-c2ccc(F)cc2)csc1NC(=O)C=CC(=O)O. The van der Waals surface area contributed by atoms with Crippen LogP contribution in [0.5, 0.6) is 0 Å². The number of carbonyl (C=O) groups excluding carboxylic acids is 2. The second-order valence-corrected chi connectivity index (χ2v) is 5.62. The van der Waals surface area contributed by atoms with Crippen LogP contribution in [0, 0.1) is 5.82 Å². The van der Waals surface area contributed by atoms with Crippen molar-refractivity contribution < 1.29 is 28.6 Å². The van der Waals surface area contributed by atoms with Crippen molar-refractivity contribution in [1.82, 2.24) is 0 Å². The van der Waals surface area contributed by atoms with Gasteiger partial charge in [-0.1, -0.05) is 12.1 Å². The Bertz CT molecular complexity index is 826. The molecule has 0 unspecified atom stereocenters. The van der Waals surface area contributed by atoms with Crippen LogP contribution in [0.2, 0.25) is 0 Å². The van der Waals surface area contributed by atoms with Crippen LogP contribution in [0.25, 0.3) is 11.1 Å². The lowest BCUT2D eigenvalue weighted by molar-refractivity contribution is -0.131. The van der Waals surface area contributed by atoms with Crippen LogP contribution in [-0.4, -0.2) is 29.6 Å². The molecule has 25 heavy (non-hydrogen) atoms. The highest BCUT2D eigenvalue weighted by Gasteiger charge is 2.22. The molecule has 0 atom stereocenters. The molecule has 0 spiro atoms. The summed E-state index contributed by atoms with van der Waals surface area (Å²) >= 11 is 1.08.